The number of benzene rings is 2. The van der Waals surface area contributed by atoms with Gasteiger partial charge in [0.05, 0.1) is 11.4 Å². The third-order valence-corrected chi connectivity index (χ3v) is 4.50. The van der Waals surface area contributed by atoms with Crippen LogP contribution in [0.2, 0.25) is 5.02 Å². The van der Waals surface area contributed by atoms with Crippen LogP contribution in [-0.4, -0.2) is 24.2 Å². The van der Waals surface area contributed by atoms with Gasteiger partial charge in [0.1, 0.15) is 6.04 Å². The van der Waals surface area contributed by atoms with Crippen molar-refractivity contribution in [1.82, 2.24) is 0 Å². The van der Waals surface area contributed by atoms with Gasteiger partial charge in [-0.3, -0.25) is 9.79 Å². The Morgan fingerprint density at radius 3 is 2.68 bits per heavy atom. The number of aliphatic imine (C=N–C) groups is 1. The number of hydrogen-bond donors (Lipinski definition) is 0. The van der Waals surface area contributed by atoms with Crippen molar-refractivity contribution < 1.29 is 4.79 Å². The predicted octanol–water partition coefficient (Wildman–Crippen LogP) is 4.88. The molecule has 1 aliphatic rings. The summed E-state index contributed by atoms with van der Waals surface area (Å²) in [5.74, 6) is 0.0104. The van der Waals surface area contributed by atoms with Crippen LogP contribution in [0.5, 0.6) is 0 Å². The molecule has 0 fully saturated rings. The molecule has 1 aliphatic heterocycles. The van der Waals surface area contributed by atoms with Crippen molar-refractivity contribution in [1.29, 1.82) is 0 Å². The van der Waals surface area contributed by atoms with E-state index in [2.05, 4.69) is 13.5 Å². The highest BCUT2D eigenvalue weighted by atomic mass is 35.5. The maximum atomic E-state index is 13.1. The Bertz CT molecular complexity index is 814. The Balaban J connectivity index is 2.24. The molecule has 3 nitrogen and oxygen atoms in total. The molecular weight excluding hydrogens is 332 g/mol. The van der Waals surface area contributed by atoms with Crippen LogP contribution in [0.1, 0.15) is 30.9 Å². The lowest BCUT2D eigenvalue weighted by molar-refractivity contribution is -0.119. The lowest BCUT2D eigenvalue weighted by atomic mass is 10.00. The number of amides is 1. The number of nitrogens with zero attached hydrogens (tertiary/aromatic N) is 2. The van der Waals surface area contributed by atoms with Crippen molar-refractivity contribution in [3.8, 4) is 0 Å². The molecule has 1 atom stereocenters. The zero-order valence-corrected chi connectivity index (χ0v) is 15.0. The van der Waals surface area contributed by atoms with Crippen LogP contribution in [0.3, 0.4) is 0 Å². The fourth-order valence-corrected chi connectivity index (χ4v) is 3.29. The number of benzodiazepines with no additional fused rings is 1. The van der Waals surface area contributed by atoms with Crippen LogP contribution in [0.4, 0.5) is 5.69 Å². The van der Waals surface area contributed by atoms with Gasteiger partial charge in [0.25, 0.3) is 5.91 Å². The second-order valence-electron chi connectivity index (χ2n) is 6.05. The van der Waals surface area contributed by atoms with Crippen LogP contribution in [0, 0.1) is 0 Å². The largest absolute Gasteiger partial charge is 0.306 e. The molecule has 0 radical (unpaired) electrons. The molecule has 0 N–H and O–H groups in total. The quantitative estimate of drug-likeness (QED) is 0.706. The molecule has 1 heterocycles. The van der Waals surface area contributed by atoms with Gasteiger partial charge < -0.3 is 4.90 Å². The van der Waals surface area contributed by atoms with Crippen molar-refractivity contribution in [2.75, 3.05) is 11.4 Å². The van der Waals surface area contributed by atoms with Crippen molar-refractivity contribution in [2.45, 2.75) is 25.8 Å². The van der Waals surface area contributed by atoms with E-state index in [9.17, 15) is 4.79 Å². The van der Waals surface area contributed by atoms with E-state index in [0.717, 1.165) is 28.9 Å². The zero-order valence-electron chi connectivity index (χ0n) is 14.3. The van der Waals surface area contributed by atoms with E-state index in [4.69, 9.17) is 16.6 Å². The Morgan fingerprint density at radius 1 is 1.24 bits per heavy atom. The van der Waals surface area contributed by atoms with Gasteiger partial charge in [-0.1, -0.05) is 61.4 Å². The van der Waals surface area contributed by atoms with Crippen molar-refractivity contribution in [2.24, 2.45) is 4.99 Å². The average Bonchev–Trinajstić information content (AvgIpc) is 2.73. The van der Waals surface area contributed by atoms with Gasteiger partial charge in [-0.25, -0.2) is 0 Å². The van der Waals surface area contributed by atoms with E-state index >= 15 is 0 Å². The molecule has 1 unspecified atom stereocenters. The lowest BCUT2D eigenvalue weighted by Gasteiger charge is -2.24. The summed E-state index contributed by atoms with van der Waals surface area (Å²) in [5.41, 5.74) is 3.51. The molecule has 3 rings (SSSR count). The molecule has 25 heavy (non-hydrogen) atoms. The van der Waals surface area contributed by atoms with Gasteiger partial charge >= 0.3 is 0 Å². The number of carbonyl (C=O) groups is 1. The molecule has 4 heteroatoms. The summed E-state index contributed by atoms with van der Waals surface area (Å²) in [6.07, 6.45) is 3.35. The van der Waals surface area contributed by atoms with Gasteiger partial charge in [0, 0.05) is 22.7 Å². The first-order valence-corrected chi connectivity index (χ1v) is 8.89. The maximum absolute atomic E-state index is 13.1. The number of fused-ring (bicyclic) bond motifs is 1. The lowest BCUT2D eigenvalue weighted by Crippen LogP contribution is -2.38. The maximum Gasteiger partial charge on any atom is 0.252 e. The van der Waals surface area contributed by atoms with Gasteiger partial charge in [-0.15, -0.1) is 6.58 Å². The number of halogens is 1. The molecule has 0 aliphatic carbocycles. The summed E-state index contributed by atoms with van der Waals surface area (Å²) in [6, 6.07) is 15.2. The van der Waals surface area contributed by atoms with Crippen LogP contribution in [0.25, 0.3) is 0 Å². The van der Waals surface area contributed by atoms with E-state index in [-0.39, 0.29) is 5.91 Å². The van der Waals surface area contributed by atoms with E-state index in [0.29, 0.717) is 18.0 Å². The fraction of sp³-hybridized carbons (Fsp3) is 0.238. The van der Waals surface area contributed by atoms with Crippen LogP contribution < -0.4 is 4.90 Å². The van der Waals surface area contributed by atoms with E-state index in [1.165, 1.54) is 0 Å². The summed E-state index contributed by atoms with van der Waals surface area (Å²) in [6.45, 7) is 6.32. The Morgan fingerprint density at radius 2 is 2.00 bits per heavy atom. The van der Waals surface area contributed by atoms with E-state index < -0.39 is 6.04 Å². The summed E-state index contributed by atoms with van der Waals surface area (Å²) in [5, 5.41) is 0.627. The average molecular weight is 353 g/mol. The Kier molecular flexibility index (Phi) is 5.34. The second-order valence-corrected chi connectivity index (χ2v) is 6.48. The van der Waals surface area contributed by atoms with Crippen LogP contribution in [-0.2, 0) is 4.79 Å². The van der Waals surface area contributed by atoms with Crippen molar-refractivity contribution in [3.63, 3.8) is 0 Å². The van der Waals surface area contributed by atoms with Crippen molar-refractivity contribution in [3.05, 3.63) is 77.3 Å². The summed E-state index contributed by atoms with van der Waals surface area (Å²) >= 11 is 6.26. The van der Waals surface area contributed by atoms with Crippen LogP contribution in [0.15, 0.2) is 66.2 Å². The number of carbonyl (C=O) groups excluding carboxylic acids is 1. The molecule has 128 valence electrons. The smallest absolute Gasteiger partial charge is 0.252 e. The highest BCUT2D eigenvalue weighted by molar-refractivity contribution is 6.32. The predicted molar refractivity (Wildman–Crippen MR) is 105 cm³/mol. The number of rotatable bonds is 5. The van der Waals surface area contributed by atoms with E-state index in [1.54, 1.807) is 11.0 Å². The molecule has 0 aromatic heterocycles. The zero-order chi connectivity index (χ0) is 17.8. The molecular formula is C21H21ClN2O. The summed E-state index contributed by atoms with van der Waals surface area (Å²) in [7, 11) is 0. The summed E-state index contributed by atoms with van der Waals surface area (Å²) in [4.78, 5) is 19.7. The number of anilines is 1. The molecule has 0 saturated heterocycles. The standard InChI is InChI=1S/C21H21ClN2O/c1-3-8-18-21(25)24(13-4-2)19-12-11-16(22)14-17(19)20(23-18)15-9-6-5-7-10-15/h4-7,9-12,14,18H,2-3,8,13H2,1H3. The molecule has 1 amide bonds. The SMILES string of the molecule is C=CCN1C(=O)C(CCC)N=C(c2ccccc2)c2cc(Cl)ccc21. The van der Waals surface area contributed by atoms with Gasteiger partial charge in [-0.2, -0.15) is 0 Å². The van der Waals surface area contributed by atoms with Gasteiger partial charge in [-0.05, 0) is 24.6 Å². The molecule has 0 spiro atoms. The monoisotopic (exact) mass is 352 g/mol. The Labute approximate surface area is 153 Å². The topological polar surface area (TPSA) is 32.7 Å². The van der Waals surface area contributed by atoms with Gasteiger partial charge in [0.2, 0.25) is 0 Å². The highest BCUT2D eigenvalue weighted by Gasteiger charge is 2.31. The molecule has 2 aromatic carbocycles. The Hall–Kier alpha value is -2.39. The third-order valence-electron chi connectivity index (χ3n) is 4.26. The first kappa shape index (κ1) is 17.4. The highest BCUT2D eigenvalue weighted by Crippen LogP contribution is 2.31. The first-order valence-electron chi connectivity index (χ1n) is 8.51. The minimum atomic E-state index is -0.397. The first-order chi connectivity index (χ1) is 12.2. The fourth-order valence-electron chi connectivity index (χ4n) is 3.12. The van der Waals surface area contributed by atoms with Crippen molar-refractivity contribution >= 4 is 28.9 Å². The molecule has 2 aromatic rings. The minimum absolute atomic E-state index is 0.0104. The number of hydrogen-bond acceptors (Lipinski definition) is 2. The van der Waals surface area contributed by atoms with Crippen LogP contribution >= 0.6 is 11.6 Å². The molecule has 0 saturated carbocycles. The van der Waals surface area contributed by atoms with E-state index in [1.807, 2.05) is 48.5 Å². The third kappa shape index (κ3) is 3.52. The summed E-state index contributed by atoms with van der Waals surface area (Å²) < 4.78 is 0. The normalized spacial score (nSPS) is 16.9. The molecule has 0 bridgehead atoms. The minimum Gasteiger partial charge on any atom is -0.306 e. The second kappa shape index (κ2) is 7.66. The van der Waals surface area contributed by atoms with Gasteiger partial charge in [0.15, 0.2) is 0 Å².